The molecule has 0 radical (unpaired) electrons. The average molecular weight is 405 g/mol. The Morgan fingerprint density at radius 2 is 1.71 bits per heavy atom. The van der Waals surface area contributed by atoms with E-state index in [-0.39, 0.29) is 12.0 Å². The molecule has 0 heterocycles. The van der Waals surface area contributed by atoms with Crippen molar-refractivity contribution in [3.63, 3.8) is 0 Å². The fraction of sp³-hybridized carbons (Fsp3) is 0.750. The highest BCUT2D eigenvalue weighted by atomic mass is 16.7. The maximum Gasteiger partial charge on any atom is 0.331 e. The third-order valence-electron chi connectivity index (χ3n) is 3.44. The van der Waals surface area contributed by atoms with E-state index in [2.05, 4.69) is 5.48 Å². The smallest absolute Gasteiger partial charge is 0.331 e. The minimum absolute atomic E-state index is 0.220. The van der Waals surface area contributed by atoms with Crippen LogP contribution < -0.4 is 22.4 Å². The van der Waals surface area contributed by atoms with Crippen molar-refractivity contribution in [2.75, 3.05) is 6.54 Å². The monoisotopic (exact) mass is 405 g/mol. The quantitative estimate of drug-likeness (QED) is 0.184. The number of hydrazine groups is 1. The van der Waals surface area contributed by atoms with Crippen molar-refractivity contribution in [3.05, 3.63) is 0 Å². The Kier molecular flexibility index (Phi) is 11.0. The molecule has 0 fully saturated rings. The number of amides is 3. The first kappa shape index (κ1) is 25.6. The van der Waals surface area contributed by atoms with Crippen molar-refractivity contribution >= 4 is 23.9 Å². The molecule has 0 unspecified atom stereocenters. The number of carboxylic acids is 2. The molecule has 0 aliphatic rings. The zero-order valence-corrected chi connectivity index (χ0v) is 16.4. The SMILES string of the molecule is CC(C)(C)ONCCCC[C@H](N)C(=O)N(NC(N)=O)[C@@H](CCC(=O)O)C(=O)O. The number of carboxylic acid groups (broad SMARTS) is 2. The molecule has 28 heavy (non-hydrogen) atoms. The Balaban J connectivity index is 4.77. The van der Waals surface area contributed by atoms with Crippen molar-refractivity contribution in [2.24, 2.45) is 11.5 Å². The molecule has 3 amide bonds. The van der Waals surface area contributed by atoms with Crippen molar-refractivity contribution in [2.45, 2.75) is 70.6 Å². The van der Waals surface area contributed by atoms with Crippen molar-refractivity contribution in [1.82, 2.24) is 15.9 Å². The lowest BCUT2D eigenvalue weighted by atomic mass is 10.1. The highest BCUT2D eigenvalue weighted by molar-refractivity contribution is 5.89. The summed E-state index contributed by atoms with van der Waals surface area (Å²) in [6.45, 7) is 6.19. The molecule has 2 atom stereocenters. The van der Waals surface area contributed by atoms with Gasteiger partial charge < -0.3 is 21.7 Å². The van der Waals surface area contributed by atoms with Crippen molar-refractivity contribution < 1.29 is 34.2 Å². The molecule has 0 saturated carbocycles. The van der Waals surface area contributed by atoms with Crippen LogP contribution in [-0.2, 0) is 19.2 Å². The van der Waals surface area contributed by atoms with Gasteiger partial charge in [-0.2, -0.15) is 0 Å². The van der Waals surface area contributed by atoms with Gasteiger partial charge in [0, 0.05) is 13.0 Å². The summed E-state index contributed by atoms with van der Waals surface area (Å²) in [6.07, 6.45) is 0.456. The van der Waals surface area contributed by atoms with Crippen LogP contribution in [0.2, 0.25) is 0 Å². The van der Waals surface area contributed by atoms with Crippen LogP contribution >= 0.6 is 0 Å². The molecule has 0 bridgehead atoms. The van der Waals surface area contributed by atoms with Crippen LogP contribution in [0.15, 0.2) is 0 Å². The first-order chi connectivity index (χ1) is 12.8. The molecule has 0 rings (SSSR count). The summed E-state index contributed by atoms with van der Waals surface area (Å²) < 4.78 is 0. The number of hydrogen-bond acceptors (Lipinski definition) is 7. The van der Waals surface area contributed by atoms with E-state index >= 15 is 0 Å². The van der Waals surface area contributed by atoms with Gasteiger partial charge >= 0.3 is 18.0 Å². The van der Waals surface area contributed by atoms with E-state index in [0.717, 1.165) is 0 Å². The summed E-state index contributed by atoms with van der Waals surface area (Å²) in [4.78, 5) is 51.1. The van der Waals surface area contributed by atoms with Gasteiger partial charge in [0.05, 0.1) is 11.6 Å². The van der Waals surface area contributed by atoms with E-state index < -0.39 is 48.8 Å². The van der Waals surface area contributed by atoms with Gasteiger partial charge in [-0.05, 0) is 40.0 Å². The first-order valence-electron chi connectivity index (χ1n) is 8.85. The molecule has 0 aliphatic heterocycles. The van der Waals surface area contributed by atoms with E-state index in [9.17, 15) is 24.3 Å². The fourth-order valence-electron chi connectivity index (χ4n) is 2.16. The molecule has 162 valence electrons. The molecule has 8 N–H and O–H groups in total. The van der Waals surface area contributed by atoms with Crippen molar-refractivity contribution in [3.8, 4) is 0 Å². The highest BCUT2D eigenvalue weighted by Gasteiger charge is 2.33. The predicted octanol–water partition coefficient (Wildman–Crippen LogP) is -0.466. The number of urea groups is 1. The van der Waals surface area contributed by atoms with Crippen molar-refractivity contribution in [1.29, 1.82) is 0 Å². The number of carbonyl (C=O) groups is 4. The largest absolute Gasteiger partial charge is 0.481 e. The number of nitrogens with two attached hydrogens (primary N) is 2. The summed E-state index contributed by atoms with van der Waals surface area (Å²) in [5.74, 6) is -3.60. The van der Waals surface area contributed by atoms with Crippen LogP contribution in [0, 0.1) is 0 Å². The average Bonchev–Trinajstić information content (AvgIpc) is 2.54. The number of hydroxylamine groups is 1. The molecule has 0 saturated heterocycles. The topological polar surface area (TPSA) is 197 Å². The van der Waals surface area contributed by atoms with Crippen LogP contribution in [0.4, 0.5) is 4.79 Å². The van der Waals surface area contributed by atoms with E-state index in [4.69, 9.17) is 21.4 Å². The highest BCUT2D eigenvalue weighted by Crippen LogP contribution is 2.10. The number of nitrogens with zero attached hydrogens (tertiary/aromatic N) is 1. The molecular weight excluding hydrogens is 374 g/mol. The van der Waals surface area contributed by atoms with Gasteiger partial charge in [0.25, 0.3) is 5.91 Å². The van der Waals surface area contributed by atoms with Crippen LogP contribution in [0.1, 0.15) is 52.9 Å². The molecule has 12 heteroatoms. The van der Waals surface area contributed by atoms with Gasteiger partial charge in [0.1, 0.15) is 0 Å². The second-order valence-corrected chi connectivity index (χ2v) is 7.18. The summed E-state index contributed by atoms with van der Waals surface area (Å²) in [7, 11) is 0. The second kappa shape index (κ2) is 12.1. The number of primary amides is 1. The minimum Gasteiger partial charge on any atom is -0.481 e. The lowest BCUT2D eigenvalue weighted by Gasteiger charge is -2.30. The van der Waals surface area contributed by atoms with Crippen LogP contribution in [-0.4, -0.2) is 63.3 Å². The Bertz CT molecular complexity index is 550. The van der Waals surface area contributed by atoms with Gasteiger partial charge in [0.2, 0.25) is 0 Å². The molecule has 0 aliphatic carbocycles. The number of unbranched alkanes of at least 4 members (excludes halogenated alkanes) is 1. The molecule has 0 aromatic carbocycles. The molecule has 12 nitrogen and oxygen atoms in total. The number of hydrogen-bond donors (Lipinski definition) is 6. The summed E-state index contributed by atoms with van der Waals surface area (Å²) >= 11 is 0. The zero-order chi connectivity index (χ0) is 21.9. The third kappa shape index (κ3) is 11.3. The fourth-order valence-corrected chi connectivity index (χ4v) is 2.16. The van der Waals surface area contributed by atoms with E-state index in [0.29, 0.717) is 24.4 Å². The second-order valence-electron chi connectivity index (χ2n) is 7.18. The molecule has 0 aromatic rings. The number of carbonyl (C=O) groups excluding carboxylic acids is 2. The Morgan fingerprint density at radius 3 is 2.18 bits per heavy atom. The van der Waals surface area contributed by atoms with E-state index in [1.807, 2.05) is 26.2 Å². The molecule has 0 aromatic heterocycles. The van der Waals surface area contributed by atoms with Crippen LogP contribution in [0.25, 0.3) is 0 Å². The lowest BCUT2D eigenvalue weighted by Crippen LogP contribution is -2.60. The Hall–Kier alpha value is -2.44. The Labute approximate surface area is 163 Å². The van der Waals surface area contributed by atoms with E-state index in [1.165, 1.54) is 0 Å². The van der Waals surface area contributed by atoms with Gasteiger partial charge in [-0.25, -0.2) is 25.5 Å². The third-order valence-corrected chi connectivity index (χ3v) is 3.44. The number of nitrogens with one attached hydrogen (secondary N) is 2. The summed E-state index contributed by atoms with van der Waals surface area (Å²) in [6, 6.07) is -3.86. The predicted molar refractivity (Wildman–Crippen MR) is 98.5 cm³/mol. The zero-order valence-electron chi connectivity index (χ0n) is 16.4. The van der Waals surface area contributed by atoms with Gasteiger partial charge in [-0.15, -0.1) is 0 Å². The van der Waals surface area contributed by atoms with Gasteiger partial charge in [0.15, 0.2) is 6.04 Å². The van der Waals surface area contributed by atoms with Crippen LogP contribution in [0.3, 0.4) is 0 Å². The van der Waals surface area contributed by atoms with Crippen LogP contribution in [0.5, 0.6) is 0 Å². The summed E-state index contributed by atoms with van der Waals surface area (Å²) in [5, 5.41) is 18.5. The number of rotatable bonds is 12. The maximum absolute atomic E-state index is 12.5. The van der Waals surface area contributed by atoms with Gasteiger partial charge in [-0.1, -0.05) is 6.42 Å². The normalized spacial score (nSPS) is 13.4. The lowest BCUT2D eigenvalue weighted by molar-refractivity contribution is -0.154. The molecule has 0 spiro atoms. The molecular formula is C16H31N5O7. The van der Waals surface area contributed by atoms with Gasteiger partial charge in [-0.3, -0.25) is 14.4 Å². The summed E-state index contributed by atoms with van der Waals surface area (Å²) in [5.41, 5.74) is 15.2. The number of aliphatic carboxylic acids is 2. The maximum atomic E-state index is 12.5. The Morgan fingerprint density at radius 1 is 1.11 bits per heavy atom. The minimum atomic E-state index is -1.61. The standard InChI is InChI=1S/C16H31N5O7/c1-16(2,3)28-19-9-5-4-6-10(17)13(24)21(20-15(18)27)11(14(25)26)7-8-12(22)23/h10-11,19H,4-9,17H2,1-3H3,(H,22,23)(H,25,26)(H3,18,20,27)/t10-,11-/m0/s1. The van der Waals surface area contributed by atoms with E-state index in [1.54, 1.807) is 0 Å². The first-order valence-corrected chi connectivity index (χ1v) is 8.85.